The first-order valence-corrected chi connectivity index (χ1v) is 11.8. The van der Waals surface area contributed by atoms with Crippen LogP contribution in [-0.4, -0.2) is 65.5 Å². The molecule has 0 radical (unpaired) electrons. The van der Waals surface area contributed by atoms with Gasteiger partial charge in [0.15, 0.2) is 0 Å². The van der Waals surface area contributed by atoms with Crippen molar-refractivity contribution >= 4 is 12.2 Å². The Labute approximate surface area is 199 Å². The molecule has 1 aromatic rings. The zero-order chi connectivity index (χ0) is 24.8. The zero-order valence-electron chi connectivity index (χ0n) is 21.6. The number of carbonyl (C=O) groups excluding carboxylic acids is 2. The topological polar surface area (TPSA) is 68.3 Å². The van der Waals surface area contributed by atoms with Gasteiger partial charge < -0.3 is 19.1 Å². The van der Waals surface area contributed by atoms with Crippen molar-refractivity contribution in [2.75, 3.05) is 26.2 Å². The van der Waals surface area contributed by atoms with E-state index in [4.69, 9.17) is 14.2 Å². The normalized spacial score (nSPS) is 19.4. The van der Waals surface area contributed by atoms with Gasteiger partial charge in [-0.1, -0.05) is 30.3 Å². The number of benzene rings is 1. The summed E-state index contributed by atoms with van der Waals surface area (Å²) in [5, 5.41) is 0. The monoisotopic (exact) mass is 462 g/mol. The van der Waals surface area contributed by atoms with Crippen LogP contribution in [0, 0.1) is 11.8 Å². The second-order valence-corrected chi connectivity index (χ2v) is 11.2. The summed E-state index contributed by atoms with van der Waals surface area (Å²) in [6.07, 6.45) is -0.971. The number of likely N-dealkylation sites (tertiary alicyclic amines) is 1. The van der Waals surface area contributed by atoms with Gasteiger partial charge in [-0.05, 0) is 66.9 Å². The highest BCUT2D eigenvalue weighted by Crippen LogP contribution is 2.28. The molecule has 186 valence electrons. The van der Waals surface area contributed by atoms with Crippen LogP contribution in [0.3, 0.4) is 0 Å². The first-order chi connectivity index (χ1) is 15.2. The fraction of sp³-hybridized carbons (Fsp3) is 0.692. The molecule has 7 nitrogen and oxygen atoms in total. The summed E-state index contributed by atoms with van der Waals surface area (Å²) in [4.78, 5) is 29.2. The smallest absolute Gasteiger partial charge is 0.444 e. The van der Waals surface area contributed by atoms with Crippen LogP contribution in [0.25, 0.3) is 0 Å². The van der Waals surface area contributed by atoms with Crippen molar-refractivity contribution in [1.29, 1.82) is 0 Å². The van der Waals surface area contributed by atoms with E-state index in [1.54, 1.807) is 4.90 Å². The van der Waals surface area contributed by atoms with Crippen LogP contribution in [-0.2, 0) is 20.8 Å². The lowest BCUT2D eigenvalue weighted by atomic mass is 9.96. The average Bonchev–Trinajstić information content (AvgIpc) is 3.03. The average molecular weight is 463 g/mol. The van der Waals surface area contributed by atoms with E-state index in [9.17, 15) is 9.59 Å². The molecule has 0 spiro atoms. The molecule has 2 atom stereocenters. The van der Waals surface area contributed by atoms with Crippen LogP contribution in [0.5, 0.6) is 0 Å². The van der Waals surface area contributed by atoms with Crippen LogP contribution in [0.15, 0.2) is 30.3 Å². The maximum Gasteiger partial charge on any atom is 0.508 e. The van der Waals surface area contributed by atoms with Crippen LogP contribution < -0.4 is 0 Å². The zero-order valence-corrected chi connectivity index (χ0v) is 21.6. The molecule has 1 aromatic carbocycles. The minimum absolute atomic E-state index is 0.00422. The van der Waals surface area contributed by atoms with Crippen LogP contribution in [0.1, 0.15) is 61.0 Å². The van der Waals surface area contributed by atoms with Gasteiger partial charge in [-0.3, -0.25) is 4.90 Å². The summed E-state index contributed by atoms with van der Waals surface area (Å²) in [5.74, 6) is 0.232. The number of hydrogen-bond acceptors (Lipinski definition) is 6. The maximum absolute atomic E-state index is 12.9. The summed E-state index contributed by atoms with van der Waals surface area (Å²) in [5.41, 5.74) is 0.0765. The summed E-state index contributed by atoms with van der Waals surface area (Å²) >= 11 is 0. The molecule has 1 fully saturated rings. The van der Waals surface area contributed by atoms with E-state index in [0.717, 1.165) is 19.6 Å². The van der Waals surface area contributed by atoms with Gasteiger partial charge in [0.2, 0.25) is 0 Å². The Hall–Kier alpha value is -2.28. The fourth-order valence-corrected chi connectivity index (χ4v) is 3.93. The van der Waals surface area contributed by atoms with E-state index < -0.39 is 17.4 Å². The van der Waals surface area contributed by atoms with Gasteiger partial charge in [0.05, 0.1) is 6.61 Å². The summed E-state index contributed by atoms with van der Waals surface area (Å²) in [7, 11) is 0. The standard InChI is InChI=1S/C26H42N2O5/c1-19(2)28(23(29)32-25(3,4)5)17-21-15-27(14-20-12-10-9-11-13-20)16-22(21)18-31-24(30)33-26(6,7)8/h9-13,19,21-22H,14-18H2,1-8H3. The molecule has 0 saturated carbocycles. The summed E-state index contributed by atoms with van der Waals surface area (Å²) in [6.45, 7) is 18.3. The Morgan fingerprint density at radius 1 is 0.970 bits per heavy atom. The van der Waals surface area contributed by atoms with Crippen molar-refractivity contribution in [3.8, 4) is 0 Å². The molecule has 1 aliphatic heterocycles. The van der Waals surface area contributed by atoms with Gasteiger partial charge in [0, 0.05) is 38.1 Å². The van der Waals surface area contributed by atoms with E-state index >= 15 is 0 Å². The van der Waals surface area contributed by atoms with Crippen molar-refractivity contribution in [2.24, 2.45) is 11.8 Å². The lowest BCUT2D eigenvalue weighted by Crippen LogP contribution is -2.45. The van der Waals surface area contributed by atoms with E-state index in [1.807, 2.05) is 73.6 Å². The number of rotatable bonds is 7. The van der Waals surface area contributed by atoms with Crippen LogP contribution >= 0.6 is 0 Å². The molecular weight excluding hydrogens is 420 g/mol. The first kappa shape index (κ1) is 27.0. The third-order valence-electron chi connectivity index (χ3n) is 5.39. The molecule has 0 bridgehead atoms. The molecule has 1 amide bonds. The second-order valence-electron chi connectivity index (χ2n) is 11.2. The number of carbonyl (C=O) groups is 2. The van der Waals surface area contributed by atoms with E-state index in [1.165, 1.54) is 5.56 Å². The molecule has 1 heterocycles. The molecule has 1 saturated heterocycles. The molecule has 0 aromatic heterocycles. The number of amides is 1. The predicted molar refractivity (Wildman–Crippen MR) is 129 cm³/mol. The highest BCUT2D eigenvalue weighted by atomic mass is 16.7. The Kier molecular flexibility index (Phi) is 9.18. The van der Waals surface area contributed by atoms with Gasteiger partial charge in [-0.25, -0.2) is 9.59 Å². The molecule has 7 heteroatoms. The molecular formula is C26H42N2O5. The minimum atomic E-state index is -0.657. The highest BCUT2D eigenvalue weighted by Gasteiger charge is 2.37. The number of nitrogens with zero attached hydrogens (tertiary/aromatic N) is 2. The molecule has 0 N–H and O–H groups in total. The van der Waals surface area contributed by atoms with Gasteiger partial charge in [0.25, 0.3) is 0 Å². The molecule has 2 rings (SSSR count). The SMILES string of the molecule is CC(C)N(CC1CN(Cc2ccccc2)CC1COC(=O)OC(C)(C)C)C(=O)OC(C)(C)C. The molecule has 2 unspecified atom stereocenters. The quantitative estimate of drug-likeness (QED) is 0.510. The Bertz CT molecular complexity index is 767. The van der Waals surface area contributed by atoms with Gasteiger partial charge >= 0.3 is 12.2 Å². The lowest BCUT2D eigenvalue weighted by Gasteiger charge is -2.33. The van der Waals surface area contributed by atoms with Gasteiger partial charge in [-0.15, -0.1) is 0 Å². The third kappa shape index (κ3) is 9.62. The van der Waals surface area contributed by atoms with E-state index in [0.29, 0.717) is 6.54 Å². The fourth-order valence-electron chi connectivity index (χ4n) is 3.93. The second kappa shape index (κ2) is 11.2. The lowest BCUT2D eigenvalue weighted by molar-refractivity contribution is -0.0172. The highest BCUT2D eigenvalue weighted by molar-refractivity contribution is 5.68. The maximum atomic E-state index is 12.9. The van der Waals surface area contributed by atoms with Gasteiger partial charge in [-0.2, -0.15) is 0 Å². The van der Waals surface area contributed by atoms with Crippen molar-refractivity contribution < 1.29 is 23.8 Å². The first-order valence-electron chi connectivity index (χ1n) is 11.8. The predicted octanol–water partition coefficient (Wildman–Crippen LogP) is 5.33. The molecule has 1 aliphatic rings. The van der Waals surface area contributed by atoms with Crippen LogP contribution in [0.2, 0.25) is 0 Å². The van der Waals surface area contributed by atoms with Crippen molar-refractivity contribution in [3.05, 3.63) is 35.9 Å². The van der Waals surface area contributed by atoms with Crippen molar-refractivity contribution in [1.82, 2.24) is 9.80 Å². The molecule has 33 heavy (non-hydrogen) atoms. The summed E-state index contributed by atoms with van der Waals surface area (Å²) in [6, 6.07) is 10.3. The van der Waals surface area contributed by atoms with Crippen molar-refractivity contribution in [2.45, 2.75) is 79.2 Å². The molecule has 0 aliphatic carbocycles. The largest absolute Gasteiger partial charge is 0.508 e. The number of ether oxygens (including phenoxy) is 3. The van der Waals surface area contributed by atoms with Crippen LogP contribution in [0.4, 0.5) is 9.59 Å². The van der Waals surface area contributed by atoms with Crippen molar-refractivity contribution in [3.63, 3.8) is 0 Å². The Morgan fingerprint density at radius 3 is 2.09 bits per heavy atom. The van der Waals surface area contributed by atoms with E-state index in [-0.39, 0.29) is 30.6 Å². The Morgan fingerprint density at radius 2 is 1.55 bits per heavy atom. The minimum Gasteiger partial charge on any atom is -0.444 e. The summed E-state index contributed by atoms with van der Waals surface area (Å²) < 4.78 is 16.4. The van der Waals surface area contributed by atoms with E-state index in [2.05, 4.69) is 17.0 Å². The van der Waals surface area contributed by atoms with Gasteiger partial charge in [0.1, 0.15) is 11.2 Å². The Balaban J connectivity index is 2.11. The number of hydrogen-bond donors (Lipinski definition) is 0. The third-order valence-corrected chi connectivity index (χ3v) is 5.39.